The van der Waals surface area contributed by atoms with Crippen molar-refractivity contribution in [1.29, 1.82) is 0 Å². The molecule has 0 aliphatic carbocycles. The zero-order valence-corrected chi connectivity index (χ0v) is 10.9. The van der Waals surface area contributed by atoms with E-state index in [2.05, 4.69) is 13.8 Å². The van der Waals surface area contributed by atoms with Crippen molar-refractivity contribution < 1.29 is 8.42 Å². The molecule has 5 heteroatoms. The maximum absolute atomic E-state index is 11.9. The van der Waals surface area contributed by atoms with Gasteiger partial charge in [-0.25, -0.2) is 0 Å². The minimum absolute atomic E-state index is 0.508. The molecule has 1 atom stereocenters. The van der Waals surface area contributed by atoms with E-state index in [0.717, 1.165) is 12.8 Å². The second kappa shape index (κ2) is 4.80. The van der Waals surface area contributed by atoms with Crippen molar-refractivity contribution >= 4 is 10.2 Å². The van der Waals surface area contributed by atoms with E-state index in [9.17, 15) is 8.42 Å². The number of rotatable bonds is 3. The zero-order chi connectivity index (χ0) is 11.6. The van der Waals surface area contributed by atoms with Crippen LogP contribution in [0.4, 0.5) is 0 Å². The van der Waals surface area contributed by atoms with E-state index >= 15 is 0 Å². The average molecular weight is 234 g/mol. The van der Waals surface area contributed by atoms with Gasteiger partial charge in [0.2, 0.25) is 0 Å². The van der Waals surface area contributed by atoms with E-state index in [1.54, 1.807) is 18.4 Å². The summed E-state index contributed by atoms with van der Waals surface area (Å²) in [6.45, 7) is 5.68. The van der Waals surface area contributed by atoms with Gasteiger partial charge >= 0.3 is 0 Å². The summed E-state index contributed by atoms with van der Waals surface area (Å²) in [6, 6.07) is 0. The van der Waals surface area contributed by atoms with Gasteiger partial charge in [0.15, 0.2) is 0 Å². The molecule has 0 amide bonds. The lowest BCUT2D eigenvalue weighted by Crippen LogP contribution is -2.46. The van der Waals surface area contributed by atoms with Gasteiger partial charge in [-0.05, 0) is 24.7 Å². The smallest absolute Gasteiger partial charge is 0.195 e. The Morgan fingerprint density at radius 3 is 2.40 bits per heavy atom. The molecule has 1 unspecified atom stereocenters. The Bertz CT molecular complexity index is 299. The molecule has 0 spiro atoms. The Balaban J connectivity index is 2.72. The molecule has 0 bridgehead atoms. The van der Waals surface area contributed by atoms with E-state index < -0.39 is 10.2 Å². The minimum Gasteiger partial charge on any atom is -0.195 e. The fourth-order valence-electron chi connectivity index (χ4n) is 1.96. The first-order valence-electron chi connectivity index (χ1n) is 5.53. The molecule has 1 fully saturated rings. The molecule has 0 saturated carbocycles. The van der Waals surface area contributed by atoms with E-state index in [0.29, 0.717) is 24.9 Å². The second-order valence-corrected chi connectivity index (χ2v) is 6.94. The predicted octanol–water partition coefficient (Wildman–Crippen LogP) is 1.16. The molecule has 0 aromatic rings. The Morgan fingerprint density at radius 2 is 1.93 bits per heavy atom. The first kappa shape index (κ1) is 12.9. The van der Waals surface area contributed by atoms with E-state index in [1.165, 1.54) is 4.31 Å². The van der Waals surface area contributed by atoms with Crippen molar-refractivity contribution in [2.24, 2.45) is 11.8 Å². The van der Waals surface area contributed by atoms with Gasteiger partial charge in [-0.3, -0.25) is 0 Å². The molecule has 0 aromatic carbocycles. The van der Waals surface area contributed by atoms with Crippen LogP contribution in [0.3, 0.4) is 0 Å². The van der Waals surface area contributed by atoms with Crippen LogP contribution in [0.2, 0.25) is 0 Å². The molecule has 4 nitrogen and oxygen atoms in total. The van der Waals surface area contributed by atoms with Crippen LogP contribution in [0.1, 0.15) is 26.7 Å². The van der Waals surface area contributed by atoms with Gasteiger partial charge in [-0.1, -0.05) is 13.8 Å². The normalized spacial score (nSPS) is 25.1. The van der Waals surface area contributed by atoms with Crippen LogP contribution < -0.4 is 0 Å². The van der Waals surface area contributed by atoms with Crippen LogP contribution in [0.15, 0.2) is 0 Å². The van der Waals surface area contributed by atoms with Gasteiger partial charge in [-0.2, -0.15) is 17.0 Å². The lowest BCUT2D eigenvalue weighted by molar-refractivity contribution is 0.212. The van der Waals surface area contributed by atoms with Crippen molar-refractivity contribution in [2.45, 2.75) is 26.7 Å². The quantitative estimate of drug-likeness (QED) is 0.735. The molecule has 1 aliphatic heterocycles. The number of piperidine rings is 1. The predicted molar refractivity (Wildman–Crippen MR) is 61.7 cm³/mol. The first-order chi connectivity index (χ1) is 6.85. The van der Waals surface area contributed by atoms with Crippen LogP contribution in [0.25, 0.3) is 0 Å². The molecule has 90 valence electrons. The summed E-state index contributed by atoms with van der Waals surface area (Å²) in [5, 5.41) is 0. The third kappa shape index (κ3) is 2.92. The van der Waals surface area contributed by atoms with Gasteiger partial charge in [0.25, 0.3) is 10.2 Å². The number of nitrogens with zero attached hydrogens (tertiary/aromatic N) is 2. The lowest BCUT2D eigenvalue weighted by Gasteiger charge is -2.35. The molecular formula is C10H22N2O2S. The van der Waals surface area contributed by atoms with E-state index in [1.807, 2.05) is 0 Å². The van der Waals surface area contributed by atoms with E-state index in [-0.39, 0.29) is 0 Å². The third-order valence-corrected chi connectivity index (χ3v) is 5.06. The lowest BCUT2D eigenvalue weighted by atomic mass is 9.89. The van der Waals surface area contributed by atoms with Crippen LogP contribution in [-0.2, 0) is 10.2 Å². The van der Waals surface area contributed by atoms with Gasteiger partial charge in [0.05, 0.1) is 0 Å². The number of hydrogen-bond donors (Lipinski definition) is 0. The van der Waals surface area contributed by atoms with Gasteiger partial charge in [-0.15, -0.1) is 0 Å². The first-order valence-corrected chi connectivity index (χ1v) is 6.93. The SMILES string of the molecule is CC(C)C1CCCN(S(=O)(=O)N(C)C)C1. The highest BCUT2D eigenvalue weighted by Gasteiger charge is 2.31. The van der Waals surface area contributed by atoms with Crippen molar-refractivity contribution in [1.82, 2.24) is 8.61 Å². The Labute approximate surface area is 93.4 Å². The molecule has 15 heavy (non-hydrogen) atoms. The summed E-state index contributed by atoms with van der Waals surface area (Å²) in [6.07, 6.45) is 2.13. The third-order valence-electron chi connectivity index (χ3n) is 3.15. The van der Waals surface area contributed by atoms with E-state index in [4.69, 9.17) is 0 Å². The molecule has 1 rings (SSSR count). The monoisotopic (exact) mass is 234 g/mol. The highest BCUT2D eigenvalue weighted by atomic mass is 32.2. The van der Waals surface area contributed by atoms with Crippen molar-refractivity contribution in [3.05, 3.63) is 0 Å². The average Bonchev–Trinajstić information content (AvgIpc) is 2.17. The Morgan fingerprint density at radius 1 is 1.33 bits per heavy atom. The van der Waals surface area contributed by atoms with Gasteiger partial charge in [0.1, 0.15) is 0 Å². The molecule has 0 aromatic heterocycles. The van der Waals surface area contributed by atoms with Gasteiger partial charge < -0.3 is 0 Å². The summed E-state index contributed by atoms with van der Waals surface area (Å²) < 4.78 is 26.7. The Kier molecular flexibility index (Phi) is 4.14. The van der Waals surface area contributed by atoms with Crippen molar-refractivity contribution in [2.75, 3.05) is 27.2 Å². The van der Waals surface area contributed by atoms with Crippen molar-refractivity contribution in [3.8, 4) is 0 Å². The maximum atomic E-state index is 11.9. The zero-order valence-electron chi connectivity index (χ0n) is 10.1. The highest BCUT2D eigenvalue weighted by Crippen LogP contribution is 2.25. The maximum Gasteiger partial charge on any atom is 0.281 e. The summed E-state index contributed by atoms with van der Waals surface area (Å²) in [4.78, 5) is 0. The molecule has 0 radical (unpaired) electrons. The van der Waals surface area contributed by atoms with Gasteiger partial charge in [0, 0.05) is 27.2 Å². The topological polar surface area (TPSA) is 40.6 Å². The van der Waals surface area contributed by atoms with Crippen LogP contribution >= 0.6 is 0 Å². The minimum atomic E-state index is -3.20. The molecule has 0 N–H and O–H groups in total. The second-order valence-electron chi connectivity index (χ2n) is 4.79. The highest BCUT2D eigenvalue weighted by molar-refractivity contribution is 7.86. The molecule has 1 saturated heterocycles. The van der Waals surface area contributed by atoms with Crippen LogP contribution in [0, 0.1) is 11.8 Å². The number of hydrogen-bond acceptors (Lipinski definition) is 2. The molecule has 1 heterocycles. The summed E-state index contributed by atoms with van der Waals surface area (Å²) in [5.74, 6) is 1.07. The molecular weight excluding hydrogens is 212 g/mol. The summed E-state index contributed by atoms with van der Waals surface area (Å²) >= 11 is 0. The summed E-state index contributed by atoms with van der Waals surface area (Å²) in [5.41, 5.74) is 0. The largest absolute Gasteiger partial charge is 0.281 e. The standard InChI is InChI=1S/C10H22N2O2S/c1-9(2)10-6-5-7-12(8-10)15(13,14)11(3)4/h9-10H,5-8H2,1-4H3. The molecule has 1 aliphatic rings. The van der Waals surface area contributed by atoms with Crippen LogP contribution in [-0.4, -0.2) is 44.2 Å². The fourth-order valence-corrected chi connectivity index (χ4v) is 3.16. The fraction of sp³-hybridized carbons (Fsp3) is 1.00. The van der Waals surface area contributed by atoms with Crippen LogP contribution in [0.5, 0.6) is 0 Å². The summed E-state index contributed by atoms with van der Waals surface area (Å²) in [7, 11) is -0.0165. The Hall–Kier alpha value is -0.130. The van der Waals surface area contributed by atoms with Crippen molar-refractivity contribution in [3.63, 3.8) is 0 Å².